The van der Waals surface area contributed by atoms with Gasteiger partial charge in [0.2, 0.25) is 0 Å². The van der Waals surface area contributed by atoms with Gasteiger partial charge in [-0.15, -0.1) is 0 Å². The van der Waals surface area contributed by atoms with Crippen molar-refractivity contribution in [1.29, 1.82) is 0 Å². The Morgan fingerprint density at radius 1 is 0.919 bits per heavy atom. The lowest BCUT2D eigenvalue weighted by atomic mass is 9.44. The molecule has 6 aliphatic rings. The van der Waals surface area contributed by atoms with Crippen molar-refractivity contribution in [3.63, 3.8) is 0 Å². The van der Waals surface area contributed by atoms with Crippen LogP contribution in [0.2, 0.25) is 0 Å². The van der Waals surface area contributed by atoms with Crippen molar-refractivity contribution >= 4 is 5.97 Å². The summed E-state index contributed by atoms with van der Waals surface area (Å²) >= 11 is 0. The standard InChI is InChI=1S/C33H54O4/c1-6-7-8-9-29(34)36-24-13-15-31(4)23(18-24)10-11-25-26(31)14-16-32(5)27(25)19-28-30(32)22(3)33(37-28)17-12-21(2)20-35-33/h21-28,30H,6-20H2,1-5H3/t21-,22+,23-,24-,25-,26+,27+,28+,30+,31+,32+,33-/m1/s1. The SMILES string of the molecule is CCCCCC(=O)O[C@@H]1CC[C@@]2(C)[C@H](CC[C@@H]3[C@@H]2CC[C@]2(C)[C@@H]4[C@H](C[C@@H]32)O[C@]2(CC[C@@H](C)CO2)[C@H]4C)C1. The van der Waals surface area contributed by atoms with Crippen LogP contribution in [0.5, 0.6) is 0 Å². The Labute approximate surface area is 226 Å². The van der Waals surface area contributed by atoms with E-state index < -0.39 is 0 Å². The fourth-order valence-corrected chi connectivity index (χ4v) is 11.1. The normalized spacial score (nSPS) is 52.7. The van der Waals surface area contributed by atoms with Gasteiger partial charge in [0.05, 0.1) is 12.7 Å². The topological polar surface area (TPSA) is 44.8 Å². The molecule has 6 rings (SSSR count). The van der Waals surface area contributed by atoms with Crippen LogP contribution in [0.4, 0.5) is 0 Å². The zero-order valence-electron chi connectivity index (χ0n) is 24.4. The maximum Gasteiger partial charge on any atom is 0.306 e. The molecule has 4 aliphatic carbocycles. The van der Waals surface area contributed by atoms with Gasteiger partial charge in [-0.2, -0.15) is 0 Å². The van der Waals surface area contributed by atoms with Gasteiger partial charge in [-0.1, -0.05) is 47.5 Å². The van der Waals surface area contributed by atoms with Gasteiger partial charge in [-0.3, -0.25) is 4.79 Å². The highest BCUT2D eigenvalue weighted by Gasteiger charge is 2.69. The zero-order chi connectivity index (χ0) is 26.0. The molecule has 4 nitrogen and oxygen atoms in total. The second kappa shape index (κ2) is 9.79. The summed E-state index contributed by atoms with van der Waals surface area (Å²) in [4.78, 5) is 12.4. The fraction of sp³-hybridized carbons (Fsp3) is 0.970. The molecule has 0 N–H and O–H groups in total. The zero-order valence-corrected chi connectivity index (χ0v) is 24.4. The first-order valence-corrected chi connectivity index (χ1v) is 16.2. The number of hydrogen-bond donors (Lipinski definition) is 0. The number of carbonyl (C=O) groups excluding carboxylic acids is 1. The molecule has 210 valence electrons. The Morgan fingerprint density at radius 3 is 2.49 bits per heavy atom. The van der Waals surface area contributed by atoms with E-state index in [1.807, 2.05) is 0 Å². The molecule has 0 aromatic rings. The summed E-state index contributed by atoms with van der Waals surface area (Å²) in [5, 5.41) is 0. The minimum Gasteiger partial charge on any atom is -0.462 e. The summed E-state index contributed by atoms with van der Waals surface area (Å²) in [7, 11) is 0. The molecule has 1 spiro atoms. The van der Waals surface area contributed by atoms with Gasteiger partial charge in [-0.25, -0.2) is 0 Å². The fourth-order valence-electron chi connectivity index (χ4n) is 11.1. The van der Waals surface area contributed by atoms with Crippen LogP contribution < -0.4 is 0 Å². The van der Waals surface area contributed by atoms with E-state index in [0.717, 1.165) is 68.8 Å². The van der Waals surface area contributed by atoms with Crippen molar-refractivity contribution < 1.29 is 19.0 Å². The summed E-state index contributed by atoms with van der Waals surface area (Å²) < 4.78 is 19.5. The lowest BCUT2D eigenvalue weighted by Crippen LogP contribution is -2.55. The molecule has 0 radical (unpaired) electrons. The molecule has 2 aliphatic heterocycles. The lowest BCUT2D eigenvalue weighted by molar-refractivity contribution is -0.273. The molecule has 0 unspecified atom stereocenters. The maximum absolute atomic E-state index is 12.4. The molecular formula is C33H54O4. The van der Waals surface area contributed by atoms with Crippen LogP contribution in [-0.4, -0.2) is 30.6 Å². The lowest BCUT2D eigenvalue weighted by Gasteiger charge is -2.61. The molecule has 2 saturated heterocycles. The summed E-state index contributed by atoms with van der Waals surface area (Å²) in [6, 6.07) is 0. The number of fused-ring (bicyclic) bond motifs is 7. The van der Waals surface area contributed by atoms with E-state index in [0.29, 0.717) is 41.1 Å². The van der Waals surface area contributed by atoms with Gasteiger partial charge >= 0.3 is 5.97 Å². The molecular weight excluding hydrogens is 460 g/mol. The van der Waals surface area contributed by atoms with E-state index in [9.17, 15) is 4.79 Å². The van der Waals surface area contributed by atoms with Crippen LogP contribution in [-0.2, 0) is 19.0 Å². The molecule has 0 bridgehead atoms. The van der Waals surface area contributed by atoms with E-state index in [4.69, 9.17) is 14.2 Å². The highest BCUT2D eigenvalue weighted by atomic mass is 16.7. The van der Waals surface area contributed by atoms with Crippen molar-refractivity contribution in [2.24, 2.45) is 52.3 Å². The number of carbonyl (C=O) groups is 1. The van der Waals surface area contributed by atoms with E-state index in [-0.39, 0.29) is 17.9 Å². The maximum atomic E-state index is 12.4. The minimum atomic E-state index is -0.303. The summed E-state index contributed by atoms with van der Waals surface area (Å²) in [6.07, 6.45) is 16.8. The predicted molar refractivity (Wildman–Crippen MR) is 146 cm³/mol. The van der Waals surface area contributed by atoms with Crippen LogP contribution in [0.25, 0.3) is 0 Å². The van der Waals surface area contributed by atoms with Crippen LogP contribution in [0.1, 0.15) is 125 Å². The van der Waals surface area contributed by atoms with Gasteiger partial charge in [-0.05, 0) is 111 Å². The van der Waals surface area contributed by atoms with Crippen LogP contribution in [0, 0.1) is 52.3 Å². The third-order valence-corrected chi connectivity index (χ3v) is 13.2. The van der Waals surface area contributed by atoms with Crippen LogP contribution in [0.15, 0.2) is 0 Å². The Kier molecular flexibility index (Phi) is 7.04. The Balaban J connectivity index is 1.12. The number of esters is 1. The molecule has 6 fully saturated rings. The molecule has 2 heterocycles. The highest BCUT2D eigenvalue weighted by molar-refractivity contribution is 5.69. The molecule has 37 heavy (non-hydrogen) atoms. The van der Waals surface area contributed by atoms with Gasteiger partial charge < -0.3 is 14.2 Å². The summed E-state index contributed by atoms with van der Waals surface area (Å²) in [5.41, 5.74) is 0.818. The van der Waals surface area contributed by atoms with Crippen molar-refractivity contribution in [3.8, 4) is 0 Å². The average Bonchev–Trinajstić information content (AvgIpc) is 3.31. The summed E-state index contributed by atoms with van der Waals surface area (Å²) in [5.74, 6) is 4.76. The third-order valence-electron chi connectivity index (χ3n) is 13.2. The molecule has 0 aromatic carbocycles. The van der Waals surface area contributed by atoms with E-state index in [2.05, 4.69) is 34.6 Å². The Bertz CT molecular complexity index is 847. The van der Waals surface area contributed by atoms with Gasteiger partial charge in [0.1, 0.15) is 6.10 Å². The van der Waals surface area contributed by atoms with E-state index in [1.54, 1.807) is 0 Å². The molecule has 0 amide bonds. The van der Waals surface area contributed by atoms with E-state index in [1.165, 1.54) is 44.9 Å². The van der Waals surface area contributed by atoms with Crippen molar-refractivity contribution in [2.45, 2.75) is 143 Å². The monoisotopic (exact) mass is 514 g/mol. The summed E-state index contributed by atoms with van der Waals surface area (Å²) in [6.45, 7) is 13.1. The molecule has 4 heteroatoms. The number of unbranched alkanes of at least 4 members (excludes halogenated alkanes) is 2. The van der Waals surface area contributed by atoms with Gasteiger partial charge in [0.15, 0.2) is 5.79 Å². The average molecular weight is 515 g/mol. The van der Waals surface area contributed by atoms with Crippen LogP contribution >= 0.6 is 0 Å². The van der Waals surface area contributed by atoms with Crippen molar-refractivity contribution in [2.75, 3.05) is 6.61 Å². The molecule has 4 saturated carbocycles. The number of ether oxygens (including phenoxy) is 3. The molecule has 12 atom stereocenters. The van der Waals surface area contributed by atoms with Crippen molar-refractivity contribution in [3.05, 3.63) is 0 Å². The molecule has 0 aromatic heterocycles. The Morgan fingerprint density at radius 2 is 1.73 bits per heavy atom. The largest absolute Gasteiger partial charge is 0.462 e. The predicted octanol–water partition coefficient (Wildman–Crippen LogP) is 7.93. The van der Waals surface area contributed by atoms with Gasteiger partial charge in [0.25, 0.3) is 0 Å². The quantitative estimate of drug-likeness (QED) is 0.276. The van der Waals surface area contributed by atoms with E-state index >= 15 is 0 Å². The first-order chi connectivity index (χ1) is 17.7. The second-order valence-corrected chi connectivity index (χ2v) is 15.0. The Hall–Kier alpha value is -0.610. The van der Waals surface area contributed by atoms with Crippen LogP contribution in [0.3, 0.4) is 0 Å². The number of hydrogen-bond acceptors (Lipinski definition) is 4. The third kappa shape index (κ3) is 4.25. The van der Waals surface area contributed by atoms with Crippen molar-refractivity contribution in [1.82, 2.24) is 0 Å². The first kappa shape index (κ1) is 26.6. The first-order valence-electron chi connectivity index (χ1n) is 16.2. The smallest absolute Gasteiger partial charge is 0.306 e. The van der Waals surface area contributed by atoms with Gasteiger partial charge in [0, 0.05) is 18.8 Å². The highest BCUT2D eigenvalue weighted by Crippen LogP contribution is 2.71. The minimum absolute atomic E-state index is 0.0463. The second-order valence-electron chi connectivity index (χ2n) is 15.0. The number of rotatable bonds is 5.